The molecule has 3 aromatic heterocycles. The molecule has 0 saturated heterocycles. The maximum absolute atomic E-state index is 13.3. The van der Waals surface area contributed by atoms with E-state index in [0.29, 0.717) is 16.9 Å². The molecule has 0 unspecified atom stereocenters. The first-order valence-corrected chi connectivity index (χ1v) is 9.67. The van der Waals surface area contributed by atoms with E-state index in [2.05, 4.69) is 27.5 Å². The molecule has 4 aromatic rings. The molecule has 0 spiro atoms. The lowest BCUT2D eigenvalue weighted by Gasteiger charge is -2.11. The summed E-state index contributed by atoms with van der Waals surface area (Å²) in [6.45, 7) is 9.43. The third-order valence-electron chi connectivity index (χ3n) is 5.30. The molecule has 4 rings (SSSR count). The average molecular weight is 442 g/mol. The van der Waals surface area contributed by atoms with Crippen LogP contribution >= 0.6 is 15.9 Å². The van der Waals surface area contributed by atoms with Gasteiger partial charge in [0.05, 0.1) is 6.04 Å². The van der Waals surface area contributed by atoms with E-state index in [1.54, 1.807) is 20.0 Å². The van der Waals surface area contributed by atoms with Gasteiger partial charge in [0.25, 0.3) is 5.56 Å². The lowest BCUT2D eigenvalue weighted by molar-refractivity contribution is 0.574. The van der Waals surface area contributed by atoms with E-state index in [1.807, 2.05) is 47.1 Å². The van der Waals surface area contributed by atoms with E-state index in [9.17, 15) is 9.59 Å². The van der Waals surface area contributed by atoms with E-state index >= 15 is 0 Å². The Morgan fingerprint density at radius 1 is 1.14 bits per heavy atom. The van der Waals surface area contributed by atoms with Crippen LogP contribution in [0.25, 0.3) is 22.6 Å². The molecule has 3 heterocycles. The van der Waals surface area contributed by atoms with Crippen LogP contribution in [-0.2, 0) is 7.05 Å². The molecule has 28 heavy (non-hydrogen) atoms. The largest absolute Gasteiger partial charge is 0.333 e. The van der Waals surface area contributed by atoms with Crippen molar-refractivity contribution in [1.29, 1.82) is 0 Å². The van der Waals surface area contributed by atoms with E-state index in [0.717, 1.165) is 21.5 Å². The molecule has 0 aliphatic carbocycles. The summed E-state index contributed by atoms with van der Waals surface area (Å²) in [6.07, 6.45) is 1.58. The quantitative estimate of drug-likeness (QED) is 0.458. The van der Waals surface area contributed by atoms with Crippen LogP contribution in [0.4, 0.5) is 0 Å². The third kappa shape index (κ3) is 2.37. The Labute approximate surface area is 169 Å². The molecule has 7 nitrogen and oxygen atoms in total. The molecule has 0 N–H and O–H groups in total. The summed E-state index contributed by atoms with van der Waals surface area (Å²) in [5.74, 6) is 0.600. The number of hydrogen-bond acceptors (Lipinski definition) is 3. The second-order valence-corrected chi connectivity index (χ2v) is 7.81. The maximum atomic E-state index is 13.3. The first-order valence-electron chi connectivity index (χ1n) is 8.88. The Morgan fingerprint density at radius 2 is 1.79 bits per heavy atom. The smallest absolute Gasteiger partial charge is 0.283 e. The Kier molecular flexibility index (Phi) is 4.19. The molecule has 0 aliphatic heterocycles. The van der Waals surface area contributed by atoms with E-state index in [-0.39, 0.29) is 5.56 Å². The van der Waals surface area contributed by atoms with Crippen LogP contribution in [0.5, 0.6) is 0 Å². The molecule has 144 valence electrons. The maximum Gasteiger partial charge on any atom is 0.333 e. The van der Waals surface area contributed by atoms with Crippen molar-refractivity contribution in [3.63, 3.8) is 0 Å². The van der Waals surface area contributed by atoms with Gasteiger partial charge in [-0.15, -0.1) is 6.58 Å². The summed E-state index contributed by atoms with van der Waals surface area (Å²) < 4.78 is 7.44. The fourth-order valence-corrected chi connectivity index (χ4v) is 3.85. The van der Waals surface area contributed by atoms with Crippen LogP contribution in [0.1, 0.15) is 24.4 Å². The number of aromatic nitrogens is 5. The molecular formula is C20H20BrN5O2. The zero-order valence-corrected chi connectivity index (χ0v) is 17.7. The van der Waals surface area contributed by atoms with E-state index in [4.69, 9.17) is 0 Å². The summed E-state index contributed by atoms with van der Waals surface area (Å²) in [6, 6.07) is 7.45. The fraction of sp³-hybridized carbons (Fsp3) is 0.250. The molecule has 0 bridgehead atoms. The number of hydrogen-bond donors (Lipinski definition) is 0. The Hall–Kier alpha value is -2.87. The van der Waals surface area contributed by atoms with Crippen molar-refractivity contribution < 1.29 is 0 Å². The molecule has 0 aliphatic rings. The zero-order valence-electron chi connectivity index (χ0n) is 16.1. The predicted octanol–water partition coefficient (Wildman–Crippen LogP) is 3.26. The predicted molar refractivity (Wildman–Crippen MR) is 114 cm³/mol. The average Bonchev–Trinajstić information content (AvgIpc) is 3.17. The molecule has 8 heteroatoms. The third-order valence-corrected chi connectivity index (χ3v) is 5.83. The van der Waals surface area contributed by atoms with Crippen LogP contribution in [0.15, 0.2) is 51.0 Å². The van der Waals surface area contributed by atoms with Gasteiger partial charge in [-0.1, -0.05) is 22.0 Å². The highest BCUT2D eigenvalue weighted by Crippen LogP contribution is 2.25. The Balaban J connectivity index is 2.21. The van der Waals surface area contributed by atoms with Crippen molar-refractivity contribution in [2.75, 3.05) is 0 Å². The van der Waals surface area contributed by atoms with Gasteiger partial charge < -0.3 is 0 Å². The van der Waals surface area contributed by atoms with Crippen molar-refractivity contribution in [2.24, 2.45) is 7.05 Å². The fourth-order valence-electron chi connectivity index (χ4n) is 3.58. The van der Waals surface area contributed by atoms with Gasteiger partial charge in [0.1, 0.15) is 0 Å². The first-order chi connectivity index (χ1) is 13.3. The summed E-state index contributed by atoms with van der Waals surface area (Å²) in [4.78, 5) is 30.7. The van der Waals surface area contributed by atoms with Gasteiger partial charge in [-0.2, -0.15) is 4.98 Å². The van der Waals surface area contributed by atoms with Gasteiger partial charge in [-0.3, -0.25) is 22.9 Å². The van der Waals surface area contributed by atoms with Crippen LogP contribution < -0.4 is 11.2 Å². The number of allylic oxidation sites excluding steroid dienone is 1. The van der Waals surface area contributed by atoms with Gasteiger partial charge >= 0.3 is 5.69 Å². The monoisotopic (exact) mass is 441 g/mol. The van der Waals surface area contributed by atoms with Crippen LogP contribution in [-0.4, -0.2) is 23.1 Å². The highest BCUT2D eigenvalue weighted by Gasteiger charge is 2.24. The second kappa shape index (κ2) is 6.34. The van der Waals surface area contributed by atoms with E-state index in [1.165, 1.54) is 9.13 Å². The lowest BCUT2D eigenvalue weighted by atomic mass is 10.3. The number of fused-ring (bicyclic) bond motifs is 3. The zero-order chi connectivity index (χ0) is 20.3. The summed E-state index contributed by atoms with van der Waals surface area (Å²) in [5, 5.41) is 0. The molecule has 0 radical (unpaired) electrons. The lowest BCUT2D eigenvalue weighted by Crippen LogP contribution is -2.40. The number of halogens is 1. The van der Waals surface area contributed by atoms with Gasteiger partial charge in [-0.05, 0) is 45.0 Å². The number of benzene rings is 1. The van der Waals surface area contributed by atoms with Crippen molar-refractivity contribution in [3.8, 4) is 5.69 Å². The summed E-state index contributed by atoms with van der Waals surface area (Å²) >= 11 is 3.45. The van der Waals surface area contributed by atoms with E-state index < -0.39 is 11.7 Å². The molecule has 0 saturated carbocycles. The second-order valence-electron chi connectivity index (χ2n) is 6.90. The van der Waals surface area contributed by atoms with Gasteiger partial charge in [0, 0.05) is 28.6 Å². The normalized spacial score (nSPS) is 12.8. The first kappa shape index (κ1) is 18.5. The topological polar surface area (TPSA) is 66.2 Å². The van der Waals surface area contributed by atoms with Gasteiger partial charge in [0.2, 0.25) is 5.78 Å². The van der Waals surface area contributed by atoms with Gasteiger partial charge in [0.15, 0.2) is 11.2 Å². The molecule has 0 fully saturated rings. The SMILES string of the molecule is C=C[C@@H](C)n1c(=O)c2c(nc3n(-c4ccc(Br)cc4)c(C)c(C)n23)n(C)c1=O. The minimum absolute atomic E-state index is 0.367. The summed E-state index contributed by atoms with van der Waals surface area (Å²) in [5.41, 5.74) is 2.79. The van der Waals surface area contributed by atoms with Crippen molar-refractivity contribution in [1.82, 2.24) is 23.1 Å². The molecule has 1 atom stereocenters. The minimum atomic E-state index is -0.420. The standard InChI is InChI=1S/C20H20BrN5O2/c1-6-11(2)24-18(27)16-17(23(5)20(24)28)22-19-25(12(3)13(4)26(16)19)15-9-7-14(21)8-10-15/h6-11H,1H2,2-5H3/t11-/m1/s1. The highest BCUT2D eigenvalue weighted by atomic mass is 79.9. The van der Waals surface area contributed by atoms with Crippen LogP contribution in [0.3, 0.4) is 0 Å². The van der Waals surface area contributed by atoms with Crippen LogP contribution in [0, 0.1) is 13.8 Å². The van der Waals surface area contributed by atoms with Crippen molar-refractivity contribution >= 4 is 32.9 Å². The molecule has 1 aromatic carbocycles. The minimum Gasteiger partial charge on any atom is -0.283 e. The highest BCUT2D eigenvalue weighted by molar-refractivity contribution is 9.10. The number of nitrogens with zero attached hydrogens (tertiary/aromatic N) is 5. The summed E-state index contributed by atoms with van der Waals surface area (Å²) in [7, 11) is 1.63. The van der Waals surface area contributed by atoms with Crippen LogP contribution in [0.2, 0.25) is 0 Å². The molecular weight excluding hydrogens is 422 g/mol. The Bertz CT molecular complexity index is 1370. The van der Waals surface area contributed by atoms with Gasteiger partial charge in [-0.25, -0.2) is 4.79 Å². The number of rotatable bonds is 3. The Morgan fingerprint density at radius 3 is 2.39 bits per heavy atom. The van der Waals surface area contributed by atoms with Crippen molar-refractivity contribution in [3.05, 3.63) is 73.6 Å². The molecule has 0 amide bonds. The number of aryl methyl sites for hydroxylation is 2. The number of imidazole rings is 2. The van der Waals surface area contributed by atoms with Crippen molar-refractivity contribution in [2.45, 2.75) is 26.8 Å².